The van der Waals surface area contributed by atoms with Crippen LogP contribution in [0, 0.1) is 41.5 Å². The summed E-state index contributed by atoms with van der Waals surface area (Å²) in [4.78, 5) is 7.25. The number of hydrogen-bond acceptors (Lipinski definition) is 3. The van der Waals surface area contributed by atoms with Crippen LogP contribution in [-0.4, -0.2) is 33.2 Å². The Kier molecular flexibility index (Phi) is 4.33. The van der Waals surface area contributed by atoms with E-state index in [9.17, 15) is 0 Å². The molecule has 26 heavy (non-hydrogen) atoms. The SMILES string of the molecule is Cc1c2nc3c(C)c(C)c(N(C)C)c(C)c3oc-2c(C)c(=[N+](C)C)c1C. The fourth-order valence-corrected chi connectivity index (χ4v) is 4.26. The highest BCUT2D eigenvalue weighted by atomic mass is 16.3. The van der Waals surface area contributed by atoms with Gasteiger partial charge in [-0.15, -0.1) is 0 Å². The summed E-state index contributed by atoms with van der Waals surface area (Å²) in [7, 11) is 8.33. The van der Waals surface area contributed by atoms with Crippen LogP contribution in [0.5, 0.6) is 0 Å². The van der Waals surface area contributed by atoms with E-state index in [2.05, 4.69) is 79.2 Å². The van der Waals surface area contributed by atoms with Gasteiger partial charge in [-0.1, -0.05) is 0 Å². The summed E-state index contributed by atoms with van der Waals surface area (Å²) in [5.41, 5.74) is 11.2. The van der Waals surface area contributed by atoms with Crippen LogP contribution in [0.2, 0.25) is 0 Å². The standard InChI is InChI=1S/C22H30N3O/c1-11-13(3)19(24(7)8)15(5)21-17(11)23-18-12(2)14(4)20(25(9)10)16(6)22(18)26-21/h1-10H3/q+1. The summed E-state index contributed by atoms with van der Waals surface area (Å²) in [5, 5.41) is 1.22. The van der Waals surface area contributed by atoms with Crippen molar-refractivity contribution in [2.45, 2.75) is 41.5 Å². The van der Waals surface area contributed by atoms with Gasteiger partial charge in [0.2, 0.25) is 5.36 Å². The second kappa shape index (κ2) is 6.11. The Morgan fingerprint density at radius 1 is 0.769 bits per heavy atom. The van der Waals surface area contributed by atoms with Crippen molar-refractivity contribution in [3.63, 3.8) is 0 Å². The minimum Gasteiger partial charge on any atom is -0.452 e. The summed E-state index contributed by atoms with van der Waals surface area (Å²) in [6.45, 7) is 12.9. The monoisotopic (exact) mass is 352 g/mol. The number of anilines is 1. The maximum absolute atomic E-state index is 6.55. The molecule has 0 saturated carbocycles. The summed E-state index contributed by atoms with van der Waals surface area (Å²) in [6.07, 6.45) is 0. The minimum absolute atomic E-state index is 0.889. The zero-order chi connectivity index (χ0) is 19.5. The lowest BCUT2D eigenvalue weighted by Gasteiger charge is -2.23. The second-order valence-corrected chi connectivity index (χ2v) is 7.81. The van der Waals surface area contributed by atoms with Gasteiger partial charge in [0.1, 0.15) is 25.3 Å². The molecule has 0 fully saturated rings. The van der Waals surface area contributed by atoms with Crippen LogP contribution in [0.15, 0.2) is 4.42 Å². The van der Waals surface area contributed by atoms with Crippen molar-refractivity contribution in [2.24, 2.45) is 0 Å². The van der Waals surface area contributed by atoms with Crippen molar-refractivity contribution >= 4 is 16.8 Å². The molecule has 0 N–H and O–H groups in total. The molecule has 0 saturated heterocycles. The van der Waals surface area contributed by atoms with Gasteiger partial charge in [0.05, 0.1) is 5.56 Å². The molecule has 0 radical (unpaired) electrons. The molecule has 1 heterocycles. The predicted molar refractivity (Wildman–Crippen MR) is 110 cm³/mol. The molecular weight excluding hydrogens is 322 g/mol. The smallest absolute Gasteiger partial charge is 0.209 e. The van der Waals surface area contributed by atoms with Crippen LogP contribution in [0.1, 0.15) is 33.4 Å². The maximum atomic E-state index is 6.55. The van der Waals surface area contributed by atoms with E-state index in [-0.39, 0.29) is 0 Å². The highest BCUT2D eigenvalue weighted by Crippen LogP contribution is 2.38. The van der Waals surface area contributed by atoms with Crippen molar-refractivity contribution in [1.82, 2.24) is 9.56 Å². The number of aryl methyl sites for hydroxylation is 2. The van der Waals surface area contributed by atoms with Crippen molar-refractivity contribution < 1.29 is 4.42 Å². The van der Waals surface area contributed by atoms with E-state index < -0.39 is 0 Å². The average Bonchev–Trinajstić information content (AvgIpc) is 2.56. The van der Waals surface area contributed by atoms with E-state index in [0.717, 1.165) is 33.7 Å². The number of benzene rings is 2. The van der Waals surface area contributed by atoms with Gasteiger partial charge in [0.25, 0.3) is 0 Å². The highest BCUT2D eigenvalue weighted by molar-refractivity contribution is 5.90. The normalized spacial score (nSPS) is 11.5. The van der Waals surface area contributed by atoms with E-state index in [1.54, 1.807) is 0 Å². The molecule has 0 aromatic heterocycles. The Bertz CT molecular complexity index is 1080. The van der Waals surface area contributed by atoms with E-state index >= 15 is 0 Å². The highest BCUT2D eigenvalue weighted by Gasteiger charge is 2.25. The molecule has 0 unspecified atom stereocenters. The van der Waals surface area contributed by atoms with E-state index in [4.69, 9.17) is 9.40 Å². The van der Waals surface area contributed by atoms with Crippen molar-refractivity contribution in [1.29, 1.82) is 0 Å². The number of nitrogens with zero attached hydrogens (tertiary/aromatic N) is 3. The first kappa shape index (κ1) is 18.4. The Hall–Kier alpha value is -2.36. The lowest BCUT2D eigenvalue weighted by atomic mass is 9.96. The second-order valence-electron chi connectivity index (χ2n) is 7.81. The first-order valence-electron chi connectivity index (χ1n) is 9.09. The summed E-state index contributed by atoms with van der Waals surface area (Å²) < 4.78 is 8.71. The lowest BCUT2D eigenvalue weighted by molar-refractivity contribution is 0.600. The van der Waals surface area contributed by atoms with Crippen molar-refractivity contribution in [3.05, 3.63) is 38.7 Å². The molecular formula is C22H30N3O+. The van der Waals surface area contributed by atoms with Crippen LogP contribution < -0.4 is 14.8 Å². The van der Waals surface area contributed by atoms with Gasteiger partial charge in [-0.25, -0.2) is 9.56 Å². The Labute approximate surface area is 156 Å². The number of fused-ring (bicyclic) bond motifs is 2. The molecule has 1 aliphatic carbocycles. The van der Waals surface area contributed by atoms with Gasteiger partial charge in [-0.2, -0.15) is 0 Å². The predicted octanol–water partition coefficient (Wildman–Crippen LogP) is 3.88. The van der Waals surface area contributed by atoms with Gasteiger partial charge in [-0.05, 0) is 58.2 Å². The molecule has 0 amide bonds. The zero-order valence-corrected chi connectivity index (χ0v) is 17.7. The van der Waals surface area contributed by atoms with Gasteiger partial charge in [-0.3, -0.25) is 0 Å². The van der Waals surface area contributed by atoms with E-state index in [1.165, 1.54) is 33.3 Å². The van der Waals surface area contributed by atoms with Crippen LogP contribution in [0.4, 0.5) is 5.69 Å². The molecule has 4 nitrogen and oxygen atoms in total. The Morgan fingerprint density at radius 3 is 1.92 bits per heavy atom. The van der Waals surface area contributed by atoms with Crippen molar-refractivity contribution in [2.75, 3.05) is 33.1 Å². The first-order valence-corrected chi connectivity index (χ1v) is 9.09. The molecule has 1 aromatic carbocycles. The summed E-state index contributed by atoms with van der Waals surface area (Å²) in [5.74, 6) is 0.889. The molecule has 1 aliphatic heterocycles. The molecule has 2 aliphatic rings. The molecule has 0 atom stereocenters. The largest absolute Gasteiger partial charge is 0.452 e. The number of hydrogen-bond donors (Lipinski definition) is 0. The van der Waals surface area contributed by atoms with Crippen LogP contribution in [0.25, 0.3) is 22.6 Å². The fraction of sp³-hybridized carbons (Fsp3) is 0.455. The summed E-state index contributed by atoms with van der Waals surface area (Å²) >= 11 is 0. The quantitative estimate of drug-likeness (QED) is 0.492. The lowest BCUT2D eigenvalue weighted by Crippen LogP contribution is -2.29. The van der Waals surface area contributed by atoms with Crippen LogP contribution in [0.3, 0.4) is 0 Å². The molecule has 138 valence electrons. The van der Waals surface area contributed by atoms with Gasteiger partial charge >= 0.3 is 0 Å². The Morgan fingerprint density at radius 2 is 1.38 bits per heavy atom. The fourth-order valence-electron chi connectivity index (χ4n) is 4.26. The first-order chi connectivity index (χ1) is 12.1. The zero-order valence-electron chi connectivity index (χ0n) is 17.7. The summed E-state index contributed by atoms with van der Waals surface area (Å²) in [6, 6.07) is 0. The molecule has 4 heteroatoms. The van der Waals surface area contributed by atoms with Gasteiger partial charge in [0.15, 0.2) is 11.3 Å². The third-order valence-corrected chi connectivity index (χ3v) is 5.69. The minimum atomic E-state index is 0.889. The van der Waals surface area contributed by atoms with Crippen LogP contribution >= 0.6 is 0 Å². The topological polar surface area (TPSA) is 32.3 Å². The van der Waals surface area contributed by atoms with Gasteiger partial charge in [0, 0.05) is 30.9 Å². The maximum Gasteiger partial charge on any atom is 0.209 e. The Balaban J connectivity index is 2.64. The third-order valence-electron chi connectivity index (χ3n) is 5.69. The molecule has 0 bridgehead atoms. The number of aromatic nitrogens is 1. The van der Waals surface area contributed by atoms with Crippen LogP contribution in [-0.2, 0) is 0 Å². The molecule has 1 aromatic rings. The van der Waals surface area contributed by atoms with E-state index in [1.807, 2.05) is 0 Å². The van der Waals surface area contributed by atoms with Crippen molar-refractivity contribution in [3.8, 4) is 11.5 Å². The molecule has 3 rings (SSSR count). The average molecular weight is 353 g/mol. The molecule has 0 spiro atoms. The van der Waals surface area contributed by atoms with E-state index in [0.29, 0.717) is 0 Å². The number of rotatable bonds is 1. The third kappa shape index (κ3) is 2.43. The van der Waals surface area contributed by atoms with Gasteiger partial charge < -0.3 is 9.32 Å².